The van der Waals surface area contributed by atoms with Gasteiger partial charge in [0.1, 0.15) is 6.54 Å². The Morgan fingerprint density at radius 3 is 2.48 bits per heavy atom. The van der Waals surface area contributed by atoms with E-state index < -0.39 is 15.7 Å². The summed E-state index contributed by atoms with van der Waals surface area (Å²) < 4.78 is 27.5. The van der Waals surface area contributed by atoms with Crippen LogP contribution in [0.5, 0.6) is 0 Å². The van der Waals surface area contributed by atoms with Crippen molar-refractivity contribution in [2.24, 2.45) is 0 Å². The van der Waals surface area contributed by atoms with E-state index in [1.165, 1.54) is 4.40 Å². The van der Waals surface area contributed by atoms with Crippen LogP contribution in [-0.2, 0) is 21.2 Å². The van der Waals surface area contributed by atoms with E-state index in [9.17, 15) is 18.0 Å². The molecule has 0 fully saturated rings. The van der Waals surface area contributed by atoms with Crippen molar-refractivity contribution in [3.63, 3.8) is 0 Å². The first kappa shape index (κ1) is 22.5. The molecule has 0 atom stereocenters. The summed E-state index contributed by atoms with van der Waals surface area (Å²) in [5.74, 6) is -0.465. The predicted octanol–water partition coefficient (Wildman–Crippen LogP) is 2.81. The molecular weight excluding hydrogens is 442 g/mol. The molecule has 0 aliphatic carbocycles. The third-order valence-corrected chi connectivity index (χ3v) is 6.46. The van der Waals surface area contributed by atoms with Gasteiger partial charge in [-0.2, -0.15) is 0 Å². The largest absolute Gasteiger partial charge is 0.342 e. The number of benzene rings is 1. The summed E-state index contributed by atoms with van der Waals surface area (Å²) >= 11 is 0. The van der Waals surface area contributed by atoms with Crippen LogP contribution in [-0.4, -0.2) is 58.4 Å². The fourth-order valence-corrected chi connectivity index (χ4v) is 4.64. The fraction of sp³-hybridized carbons (Fsp3) is 0.261. The van der Waals surface area contributed by atoms with Crippen LogP contribution in [0.15, 0.2) is 60.0 Å². The van der Waals surface area contributed by atoms with Crippen molar-refractivity contribution in [3.05, 3.63) is 60.6 Å². The van der Waals surface area contributed by atoms with Crippen LogP contribution in [0.1, 0.15) is 24.3 Å². The summed E-state index contributed by atoms with van der Waals surface area (Å²) in [6.45, 7) is 5.47. The highest BCUT2D eigenvalue weighted by molar-refractivity contribution is 7.90. The summed E-state index contributed by atoms with van der Waals surface area (Å²) in [4.78, 5) is 31.3. The number of carbonyl (C=O) groups is 2. The average molecular weight is 468 g/mol. The molecule has 0 aliphatic heterocycles. The monoisotopic (exact) mass is 467 g/mol. The topological polar surface area (TPSA) is 106 Å². The third-order valence-electron chi connectivity index (χ3n) is 5.51. The molecule has 1 aromatic carbocycles. The van der Waals surface area contributed by atoms with E-state index >= 15 is 0 Å². The number of aromatic nitrogens is 3. The number of nitrogens with zero attached hydrogens (tertiary/aromatic N) is 4. The Bertz CT molecular complexity index is 1460. The minimum Gasteiger partial charge on any atom is -0.342 e. The Balaban J connectivity index is 1.60. The third kappa shape index (κ3) is 4.34. The SMILES string of the molecule is CCN(CC)C(=O)Cn1ccc2cc(NC(=O)c3nc(S(C)(=O)=O)n4ccccc34)ccc21. The van der Waals surface area contributed by atoms with Crippen molar-refractivity contribution in [3.8, 4) is 0 Å². The van der Waals surface area contributed by atoms with E-state index in [1.807, 2.05) is 36.7 Å². The van der Waals surface area contributed by atoms with E-state index in [1.54, 1.807) is 41.4 Å². The lowest BCUT2D eigenvalue weighted by Gasteiger charge is -2.19. The molecule has 4 aromatic rings. The molecule has 2 amide bonds. The molecule has 0 saturated carbocycles. The first-order valence-electron chi connectivity index (χ1n) is 10.6. The molecule has 3 aromatic heterocycles. The summed E-state index contributed by atoms with van der Waals surface area (Å²) in [6.07, 6.45) is 4.46. The maximum absolute atomic E-state index is 13.0. The quantitative estimate of drug-likeness (QED) is 0.450. The Morgan fingerprint density at radius 2 is 1.79 bits per heavy atom. The molecule has 1 N–H and O–H groups in total. The molecule has 10 heteroatoms. The Kier molecular flexibility index (Phi) is 5.94. The fourth-order valence-electron chi connectivity index (χ4n) is 3.87. The number of likely N-dealkylation sites (N-methyl/N-ethyl adjacent to an activating group) is 1. The van der Waals surface area contributed by atoms with Gasteiger partial charge in [0, 0.05) is 48.3 Å². The highest BCUT2D eigenvalue weighted by Gasteiger charge is 2.23. The number of amides is 2. The smallest absolute Gasteiger partial charge is 0.276 e. The van der Waals surface area contributed by atoms with Gasteiger partial charge in [-0.05, 0) is 50.2 Å². The zero-order valence-corrected chi connectivity index (χ0v) is 19.5. The lowest BCUT2D eigenvalue weighted by Crippen LogP contribution is -2.33. The molecule has 33 heavy (non-hydrogen) atoms. The number of rotatable bonds is 7. The molecule has 0 saturated heterocycles. The van der Waals surface area contributed by atoms with Crippen molar-refractivity contribution in [1.29, 1.82) is 0 Å². The van der Waals surface area contributed by atoms with Gasteiger partial charge in [0.05, 0.1) is 5.52 Å². The second-order valence-electron chi connectivity index (χ2n) is 7.71. The number of imidazole rings is 1. The minimum atomic E-state index is -3.62. The number of pyridine rings is 1. The molecule has 0 unspecified atom stereocenters. The molecule has 9 nitrogen and oxygen atoms in total. The Morgan fingerprint density at radius 1 is 1.03 bits per heavy atom. The molecule has 0 spiro atoms. The number of sulfone groups is 1. The minimum absolute atomic E-state index is 0.0264. The molecular formula is C23H25N5O4S. The van der Waals surface area contributed by atoms with E-state index in [0.717, 1.165) is 17.2 Å². The molecule has 0 aliphatic rings. The van der Waals surface area contributed by atoms with Gasteiger partial charge in [0.15, 0.2) is 5.69 Å². The van der Waals surface area contributed by atoms with Crippen molar-refractivity contribution >= 4 is 43.8 Å². The van der Waals surface area contributed by atoms with E-state index in [2.05, 4.69) is 10.3 Å². The van der Waals surface area contributed by atoms with Gasteiger partial charge in [-0.25, -0.2) is 13.4 Å². The highest BCUT2D eigenvalue weighted by atomic mass is 32.2. The molecule has 0 bridgehead atoms. The van der Waals surface area contributed by atoms with Gasteiger partial charge >= 0.3 is 0 Å². The van der Waals surface area contributed by atoms with Crippen LogP contribution in [0, 0.1) is 0 Å². The number of hydrogen-bond acceptors (Lipinski definition) is 5. The zero-order chi connectivity index (χ0) is 23.8. The predicted molar refractivity (Wildman–Crippen MR) is 126 cm³/mol. The van der Waals surface area contributed by atoms with Crippen LogP contribution in [0.3, 0.4) is 0 Å². The van der Waals surface area contributed by atoms with Crippen molar-refractivity contribution < 1.29 is 18.0 Å². The second-order valence-corrected chi connectivity index (χ2v) is 9.62. The van der Waals surface area contributed by atoms with E-state index in [4.69, 9.17) is 0 Å². The average Bonchev–Trinajstić information content (AvgIpc) is 3.36. The number of nitrogens with one attached hydrogen (secondary N) is 1. The van der Waals surface area contributed by atoms with Crippen LogP contribution in [0.2, 0.25) is 0 Å². The number of anilines is 1. The molecule has 3 heterocycles. The Labute approximate surface area is 191 Å². The zero-order valence-electron chi connectivity index (χ0n) is 18.6. The van der Waals surface area contributed by atoms with E-state index in [-0.39, 0.29) is 23.3 Å². The maximum Gasteiger partial charge on any atom is 0.276 e. The lowest BCUT2D eigenvalue weighted by atomic mass is 10.2. The molecule has 0 radical (unpaired) electrons. The first-order valence-corrected chi connectivity index (χ1v) is 12.5. The normalized spacial score (nSPS) is 11.7. The second kappa shape index (κ2) is 8.70. The first-order chi connectivity index (χ1) is 15.7. The van der Waals surface area contributed by atoms with Crippen molar-refractivity contribution in [2.45, 2.75) is 25.5 Å². The number of hydrogen-bond donors (Lipinski definition) is 1. The van der Waals surface area contributed by atoms with Crippen molar-refractivity contribution in [1.82, 2.24) is 18.9 Å². The van der Waals surface area contributed by atoms with Gasteiger partial charge in [-0.15, -0.1) is 0 Å². The Hall–Kier alpha value is -3.66. The number of fused-ring (bicyclic) bond motifs is 2. The van der Waals surface area contributed by atoms with Crippen LogP contribution in [0.4, 0.5) is 5.69 Å². The summed E-state index contributed by atoms with van der Waals surface area (Å²) in [7, 11) is -3.62. The van der Waals surface area contributed by atoms with Gasteiger partial charge in [-0.1, -0.05) is 6.07 Å². The maximum atomic E-state index is 13.0. The van der Waals surface area contributed by atoms with Crippen LogP contribution in [0.25, 0.3) is 16.4 Å². The van der Waals surface area contributed by atoms with Gasteiger partial charge < -0.3 is 14.8 Å². The van der Waals surface area contributed by atoms with Gasteiger partial charge in [-0.3, -0.25) is 14.0 Å². The van der Waals surface area contributed by atoms with Crippen LogP contribution < -0.4 is 5.32 Å². The summed E-state index contributed by atoms with van der Waals surface area (Å²) in [5, 5.41) is 3.48. The molecule has 172 valence electrons. The summed E-state index contributed by atoms with van der Waals surface area (Å²) in [5.41, 5.74) is 1.84. The standard InChI is InChI=1S/C23H25N5O4S/c1-4-26(5-2)20(29)15-27-13-11-16-14-17(9-10-18(16)27)24-22(30)21-19-8-6-7-12-28(19)23(25-21)33(3,31)32/h6-14H,4-5,15H2,1-3H3,(H,24,30). The number of carbonyl (C=O) groups excluding carboxylic acids is 2. The van der Waals surface area contributed by atoms with Gasteiger partial charge in [0.25, 0.3) is 5.91 Å². The van der Waals surface area contributed by atoms with Crippen LogP contribution >= 0.6 is 0 Å². The lowest BCUT2D eigenvalue weighted by molar-refractivity contribution is -0.131. The van der Waals surface area contributed by atoms with E-state index in [0.29, 0.717) is 24.3 Å². The molecule has 4 rings (SSSR count). The summed E-state index contributed by atoms with van der Waals surface area (Å²) in [6, 6.07) is 12.3. The van der Waals surface area contributed by atoms with Crippen molar-refractivity contribution in [2.75, 3.05) is 24.7 Å². The van der Waals surface area contributed by atoms with Gasteiger partial charge in [0.2, 0.25) is 20.9 Å². The highest BCUT2D eigenvalue weighted by Crippen LogP contribution is 2.23.